The summed E-state index contributed by atoms with van der Waals surface area (Å²) in [5, 5.41) is 9.07. The van der Waals surface area contributed by atoms with Crippen LogP contribution in [0.1, 0.15) is 5.56 Å². The number of halogens is 1. The molecule has 0 atom stereocenters. The number of benzene rings is 2. The zero-order chi connectivity index (χ0) is 21.1. The molecule has 4 aromatic rings. The van der Waals surface area contributed by atoms with Gasteiger partial charge in [-0.3, -0.25) is 9.48 Å². The van der Waals surface area contributed by atoms with E-state index in [1.807, 2.05) is 38.2 Å². The second-order valence-corrected chi connectivity index (χ2v) is 7.98. The third-order valence-corrected chi connectivity index (χ3v) is 5.54. The molecule has 0 unspecified atom stereocenters. The molecule has 2 aromatic heterocycles. The summed E-state index contributed by atoms with van der Waals surface area (Å²) in [4.78, 5) is 21.1. The number of anilines is 1. The molecular weight excluding hydrogens is 422 g/mol. The third kappa shape index (κ3) is 4.55. The lowest BCUT2D eigenvalue weighted by molar-refractivity contribution is -0.113. The highest BCUT2D eigenvalue weighted by Crippen LogP contribution is 2.32. The minimum absolute atomic E-state index is 0.164. The van der Waals surface area contributed by atoms with E-state index in [0.29, 0.717) is 27.2 Å². The summed E-state index contributed by atoms with van der Waals surface area (Å²) in [6.45, 7) is 2.01. The van der Waals surface area contributed by atoms with Gasteiger partial charge in [-0.2, -0.15) is 5.10 Å². The van der Waals surface area contributed by atoms with Crippen molar-refractivity contribution in [2.24, 2.45) is 7.05 Å². The topological polar surface area (TPSA) is 81.9 Å². The van der Waals surface area contributed by atoms with Gasteiger partial charge in [0.25, 0.3) is 0 Å². The van der Waals surface area contributed by atoms with E-state index < -0.39 is 0 Å². The fourth-order valence-electron chi connectivity index (χ4n) is 2.80. The second-order valence-electron chi connectivity index (χ2n) is 6.58. The summed E-state index contributed by atoms with van der Waals surface area (Å²) in [5.41, 5.74) is 2.36. The molecule has 152 valence electrons. The Balaban J connectivity index is 1.47. The van der Waals surface area contributed by atoms with E-state index in [-0.39, 0.29) is 11.7 Å². The first-order chi connectivity index (χ1) is 14.5. The quantitative estimate of drug-likeness (QED) is 0.341. The summed E-state index contributed by atoms with van der Waals surface area (Å²) in [7, 11) is 1.81. The van der Waals surface area contributed by atoms with Crippen LogP contribution in [-0.4, -0.2) is 31.4 Å². The van der Waals surface area contributed by atoms with Crippen LogP contribution in [0.5, 0.6) is 11.5 Å². The molecule has 0 saturated carbocycles. The number of ether oxygens (including phenoxy) is 1. The van der Waals surface area contributed by atoms with Crippen molar-refractivity contribution in [3.63, 3.8) is 0 Å². The lowest BCUT2D eigenvalue weighted by atomic mass is 10.2. The molecule has 0 aliphatic heterocycles. The SMILES string of the molecule is Cc1ccc(Oc2ccc(Cl)cc2NC(=O)CSc2ncnc3c2cnn3C)cc1. The van der Waals surface area contributed by atoms with E-state index in [2.05, 4.69) is 20.4 Å². The van der Waals surface area contributed by atoms with E-state index in [9.17, 15) is 4.79 Å². The van der Waals surface area contributed by atoms with Crippen LogP contribution in [0.25, 0.3) is 11.0 Å². The summed E-state index contributed by atoms with van der Waals surface area (Å²) in [6.07, 6.45) is 3.16. The highest BCUT2D eigenvalue weighted by Gasteiger charge is 2.13. The van der Waals surface area contributed by atoms with Crippen LogP contribution in [0.15, 0.2) is 60.0 Å². The number of carbonyl (C=O) groups excluding carboxylic acids is 1. The molecule has 0 bridgehead atoms. The van der Waals surface area contributed by atoms with Crippen molar-refractivity contribution in [1.82, 2.24) is 19.7 Å². The van der Waals surface area contributed by atoms with Crippen LogP contribution in [0.2, 0.25) is 5.02 Å². The van der Waals surface area contributed by atoms with Gasteiger partial charge in [-0.1, -0.05) is 41.1 Å². The maximum Gasteiger partial charge on any atom is 0.234 e. The predicted octanol–water partition coefficient (Wildman–Crippen LogP) is 4.85. The number of aromatic nitrogens is 4. The maximum atomic E-state index is 12.6. The van der Waals surface area contributed by atoms with Gasteiger partial charge in [0.05, 0.1) is 23.0 Å². The van der Waals surface area contributed by atoms with Gasteiger partial charge >= 0.3 is 0 Å². The summed E-state index contributed by atoms with van der Waals surface area (Å²) in [5.74, 6) is 1.15. The van der Waals surface area contributed by atoms with Gasteiger partial charge in [0.15, 0.2) is 11.4 Å². The zero-order valence-corrected chi connectivity index (χ0v) is 17.9. The Morgan fingerprint density at radius 1 is 1.20 bits per heavy atom. The Hall–Kier alpha value is -3.10. The Labute approximate surface area is 182 Å². The number of rotatable bonds is 6. The van der Waals surface area contributed by atoms with E-state index in [4.69, 9.17) is 16.3 Å². The molecule has 0 aliphatic carbocycles. The number of hydrogen-bond acceptors (Lipinski definition) is 6. The molecule has 0 fully saturated rings. The average molecular weight is 440 g/mol. The predicted molar refractivity (Wildman–Crippen MR) is 118 cm³/mol. The number of aryl methyl sites for hydroxylation is 2. The highest BCUT2D eigenvalue weighted by atomic mass is 35.5. The van der Waals surface area contributed by atoms with Gasteiger partial charge in [0, 0.05) is 12.1 Å². The van der Waals surface area contributed by atoms with Crippen LogP contribution in [0.4, 0.5) is 5.69 Å². The van der Waals surface area contributed by atoms with E-state index in [1.54, 1.807) is 29.1 Å². The average Bonchev–Trinajstić information content (AvgIpc) is 3.12. The zero-order valence-electron chi connectivity index (χ0n) is 16.3. The standard InChI is InChI=1S/C21H18ClN5O2S/c1-13-3-6-15(7-4-13)29-18-8-5-14(22)9-17(18)26-19(28)11-30-21-16-10-25-27(2)20(16)23-12-24-21/h3-10,12H,11H2,1-2H3,(H,26,28). The molecular formula is C21H18ClN5O2S. The normalized spacial score (nSPS) is 10.9. The molecule has 0 saturated heterocycles. The van der Waals surface area contributed by atoms with E-state index in [1.165, 1.54) is 18.1 Å². The number of amides is 1. The first-order valence-electron chi connectivity index (χ1n) is 9.09. The van der Waals surface area contributed by atoms with Crippen molar-refractivity contribution in [2.45, 2.75) is 11.9 Å². The van der Waals surface area contributed by atoms with Gasteiger partial charge in [-0.15, -0.1) is 0 Å². The number of carbonyl (C=O) groups is 1. The number of nitrogens with zero attached hydrogens (tertiary/aromatic N) is 4. The number of nitrogens with one attached hydrogen (secondary N) is 1. The van der Waals surface area contributed by atoms with Gasteiger partial charge in [-0.25, -0.2) is 9.97 Å². The molecule has 0 aliphatic rings. The minimum Gasteiger partial charge on any atom is -0.455 e. The van der Waals surface area contributed by atoms with Crippen molar-refractivity contribution in [3.8, 4) is 11.5 Å². The van der Waals surface area contributed by atoms with Gasteiger partial charge in [-0.05, 0) is 37.3 Å². The number of thioether (sulfide) groups is 1. The van der Waals surface area contributed by atoms with Crippen LogP contribution in [0.3, 0.4) is 0 Å². The molecule has 2 heterocycles. The van der Waals surface area contributed by atoms with Gasteiger partial charge < -0.3 is 10.1 Å². The van der Waals surface area contributed by atoms with E-state index >= 15 is 0 Å². The molecule has 9 heteroatoms. The summed E-state index contributed by atoms with van der Waals surface area (Å²) in [6, 6.07) is 12.8. The van der Waals surface area contributed by atoms with Crippen LogP contribution >= 0.6 is 23.4 Å². The van der Waals surface area contributed by atoms with Gasteiger partial charge in [0.2, 0.25) is 5.91 Å². The molecule has 1 amide bonds. The lowest BCUT2D eigenvalue weighted by Gasteiger charge is -2.13. The smallest absolute Gasteiger partial charge is 0.234 e. The second kappa shape index (κ2) is 8.73. The monoisotopic (exact) mass is 439 g/mol. The highest BCUT2D eigenvalue weighted by molar-refractivity contribution is 8.00. The minimum atomic E-state index is -0.202. The van der Waals surface area contributed by atoms with Crippen molar-refractivity contribution >= 4 is 46.0 Å². The first-order valence-corrected chi connectivity index (χ1v) is 10.5. The molecule has 0 spiro atoms. The lowest BCUT2D eigenvalue weighted by Crippen LogP contribution is -2.14. The van der Waals surface area contributed by atoms with Crippen molar-refractivity contribution in [2.75, 3.05) is 11.1 Å². The Kier molecular flexibility index (Phi) is 5.87. The number of hydrogen-bond donors (Lipinski definition) is 1. The fourth-order valence-corrected chi connectivity index (χ4v) is 3.73. The first kappa shape index (κ1) is 20.2. The summed E-state index contributed by atoms with van der Waals surface area (Å²) >= 11 is 7.44. The van der Waals surface area contributed by atoms with Crippen molar-refractivity contribution in [1.29, 1.82) is 0 Å². The van der Waals surface area contributed by atoms with Crippen molar-refractivity contribution in [3.05, 3.63) is 65.6 Å². The molecule has 7 nitrogen and oxygen atoms in total. The molecule has 1 N–H and O–H groups in total. The third-order valence-electron chi connectivity index (χ3n) is 4.30. The molecule has 0 radical (unpaired) electrons. The number of fused-ring (bicyclic) bond motifs is 1. The molecule has 2 aromatic carbocycles. The Bertz CT molecular complexity index is 1210. The molecule has 30 heavy (non-hydrogen) atoms. The van der Waals surface area contributed by atoms with Crippen LogP contribution < -0.4 is 10.1 Å². The fraction of sp³-hybridized carbons (Fsp3) is 0.143. The van der Waals surface area contributed by atoms with Crippen LogP contribution in [-0.2, 0) is 11.8 Å². The van der Waals surface area contributed by atoms with Crippen molar-refractivity contribution < 1.29 is 9.53 Å². The summed E-state index contributed by atoms with van der Waals surface area (Å²) < 4.78 is 7.60. The van der Waals surface area contributed by atoms with Gasteiger partial charge in [0.1, 0.15) is 17.1 Å². The van der Waals surface area contributed by atoms with Crippen LogP contribution in [0, 0.1) is 6.92 Å². The van der Waals surface area contributed by atoms with E-state index in [0.717, 1.165) is 16.6 Å². The Morgan fingerprint density at radius 3 is 2.80 bits per heavy atom. The largest absolute Gasteiger partial charge is 0.455 e. The molecule has 4 rings (SSSR count). The Morgan fingerprint density at radius 2 is 2.00 bits per heavy atom. The maximum absolute atomic E-state index is 12.6.